The first kappa shape index (κ1) is 17.2. The molecule has 0 radical (unpaired) electrons. The zero-order chi connectivity index (χ0) is 17.8. The highest BCUT2D eigenvalue weighted by molar-refractivity contribution is 7.90. The lowest BCUT2D eigenvalue weighted by Gasteiger charge is -2.24. The third kappa shape index (κ3) is 2.55. The standard InChI is InChI=1S/C12H11F3N2O5S/c1-11(20,12(13,14)15)10(19)16-6-3-4-8-7(5-6)9(18)17(2)23(8,21)22/h3-5,20H,1-2H3,(H,16,19). The molecule has 0 bridgehead atoms. The number of carbonyl (C=O) groups is 2. The molecular formula is C12H11F3N2O5S. The van der Waals surface area contributed by atoms with Crippen molar-refractivity contribution in [2.45, 2.75) is 23.6 Å². The van der Waals surface area contributed by atoms with Gasteiger partial charge in [0.1, 0.15) is 4.90 Å². The fraction of sp³-hybridized carbons (Fsp3) is 0.333. The maximum Gasteiger partial charge on any atom is 0.426 e. The number of sulfonamides is 1. The number of amides is 2. The lowest BCUT2D eigenvalue weighted by molar-refractivity contribution is -0.242. The van der Waals surface area contributed by atoms with Crippen molar-refractivity contribution >= 4 is 27.5 Å². The maximum absolute atomic E-state index is 12.6. The summed E-state index contributed by atoms with van der Waals surface area (Å²) in [4.78, 5) is 23.1. The molecule has 23 heavy (non-hydrogen) atoms. The first-order valence-electron chi connectivity index (χ1n) is 6.08. The number of aliphatic hydroxyl groups is 1. The molecule has 0 saturated carbocycles. The molecule has 0 fully saturated rings. The highest BCUT2D eigenvalue weighted by atomic mass is 32.2. The molecule has 1 atom stereocenters. The third-order valence-electron chi connectivity index (χ3n) is 3.39. The van der Waals surface area contributed by atoms with Gasteiger partial charge in [-0.2, -0.15) is 13.2 Å². The van der Waals surface area contributed by atoms with E-state index in [0.717, 1.165) is 25.2 Å². The molecule has 126 valence electrons. The van der Waals surface area contributed by atoms with Crippen LogP contribution in [0.2, 0.25) is 0 Å². The fourth-order valence-corrected chi connectivity index (χ4v) is 3.08. The minimum atomic E-state index is -5.20. The van der Waals surface area contributed by atoms with Crippen LogP contribution >= 0.6 is 0 Å². The van der Waals surface area contributed by atoms with Crippen LogP contribution in [0.1, 0.15) is 17.3 Å². The van der Waals surface area contributed by atoms with Crippen molar-refractivity contribution in [1.82, 2.24) is 4.31 Å². The van der Waals surface area contributed by atoms with E-state index in [1.54, 1.807) is 5.32 Å². The number of nitrogens with one attached hydrogen (secondary N) is 1. The number of nitrogens with zero attached hydrogens (tertiary/aromatic N) is 1. The Labute approximate surface area is 128 Å². The van der Waals surface area contributed by atoms with Gasteiger partial charge in [0.05, 0.1) is 5.56 Å². The van der Waals surface area contributed by atoms with E-state index in [4.69, 9.17) is 0 Å². The number of alkyl halides is 3. The summed E-state index contributed by atoms with van der Waals surface area (Å²) in [5.74, 6) is -2.63. The summed E-state index contributed by atoms with van der Waals surface area (Å²) >= 11 is 0. The van der Waals surface area contributed by atoms with Gasteiger partial charge in [0, 0.05) is 12.7 Å². The zero-order valence-corrected chi connectivity index (χ0v) is 12.6. The average Bonchev–Trinajstić information content (AvgIpc) is 2.59. The van der Waals surface area contributed by atoms with E-state index < -0.39 is 33.6 Å². The maximum atomic E-state index is 12.6. The number of rotatable bonds is 2. The van der Waals surface area contributed by atoms with Gasteiger partial charge in [-0.3, -0.25) is 9.59 Å². The fourth-order valence-electron chi connectivity index (χ4n) is 1.81. The number of hydrogen-bond donors (Lipinski definition) is 2. The van der Waals surface area contributed by atoms with Crippen LogP contribution in [-0.2, 0) is 14.8 Å². The molecule has 7 nitrogen and oxygen atoms in total. The van der Waals surface area contributed by atoms with Crippen LogP contribution in [0.5, 0.6) is 0 Å². The molecule has 0 aliphatic carbocycles. The number of fused-ring (bicyclic) bond motifs is 1. The quantitative estimate of drug-likeness (QED) is 0.816. The van der Waals surface area contributed by atoms with Crippen LogP contribution < -0.4 is 5.32 Å². The number of carbonyl (C=O) groups excluding carboxylic acids is 2. The van der Waals surface area contributed by atoms with E-state index in [-0.39, 0.29) is 23.1 Å². The Kier molecular flexibility index (Phi) is 3.69. The summed E-state index contributed by atoms with van der Waals surface area (Å²) in [5, 5.41) is 11.0. The highest BCUT2D eigenvalue weighted by Crippen LogP contribution is 2.33. The first-order valence-corrected chi connectivity index (χ1v) is 7.52. The van der Waals surface area contributed by atoms with Crippen LogP contribution in [0.15, 0.2) is 23.1 Å². The Balaban J connectivity index is 2.36. The Morgan fingerprint density at radius 1 is 1.30 bits per heavy atom. The van der Waals surface area contributed by atoms with Gasteiger partial charge in [-0.05, 0) is 25.1 Å². The van der Waals surface area contributed by atoms with Crippen molar-refractivity contribution in [3.05, 3.63) is 23.8 Å². The second-order valence-corrected chi connectivity index (χ2v) is 6.95. The smallest absolute Gasteiger partial charge is 0.373 e. The molecule has 2 amide bonds. The van der Waals surface area contributed by atoms with Crippen LogP contribution in [0, 0.1) is 0 Å². The Morgan fingerprint density at radius 3 is 2.39 bits per heavy atom. The minimum absolute atomic E-state index is 0.253. The predicted octanol–water partition coefficient (Wildman–Crippen LogP) is 0.713. The van der Waals surface area contributed by atoms with Gasteiger partial charge < -0.3 is 10.4 Å². The topological polar surface area (TPSA) is 104 Å². The van der Waals surface area contributed by atoms with Crippen LogP contribution in [0.25, 0.3) is 0 Å². The number of anilines is 1. The van der Waals surface area contributed by atoms with Gasteiger partial charge >= 0.3 is 6.18 Å². The van der Waals surface area contributed by atoms with E-state index in [9.17, 15) is 36.3 Å². The summed E-state index contributed by atoms with van der Waals surface area (Å²) in [5.41, 5.74) is -4.17. The molecule has 2 rings (SSSR count). The summed E-state index contributed by atoms with van der Waals surface area (Å²) < 4.78 is 61.9. The number of hydrogen-bond acceptors (Lipinski definition) is 5. The first-order chi connectivity index (χ1) is 10.3. The zero-order valence-electron chi connectivity index (χ0n) is 11.8. The molecular weight excluding hydrogens is 341 g/mol. The Bertz CT molecular complexity index is 801. The SMILES string of the molecule is CN1C(=O)c2cc(NC(=O)C(C)(O)C(F)(F)F)ccc2S1(=O)=O. The van der Waals surface area contributed by atoms with Crippen molar-refractivity contribution in [2.75, 3.05) is 12.4 Å². The lowest BCUT2D eigenvalue weighted by atomic mass is 10.1. The molecule has 1 aliphatic rings. The molecule has 2 N–H and O–H groups in total. The van der Waals surface area contributed by atoms with Gasteiger partial charge in [0.2, 0.25) is 5.60 Å². The lowest BCUT2D eigenvalue weighted by Crippen LogP contribution is -2.52. The van der Waals surface area contributed by atoms with Crippen molar-refractivity contribution in [3.63, 3.8) is 0 Å². The molecule has 1 heterocycles. The molecule has 0 saturated heterocycles. The summed E-state index contributed by atoms with van der Waals surface area (Å²) in [7, 11) is -2.96. The predicted molar refractivity (Wildman–Crippen MR) is 71.0 cm³/mol. The summed E-state index contributed by atoms with van der Waals surface area (Å²) in [6, 6.07) is 2.94. The van der Waals surface area contributed by atoms with E-state index in [1.165, 1.54) is 0 Å². The second-order valence-electron chi connectivity index (χ2n) is 5.01. The number of benzene rings is 1. The minimum Gasteiger partial charge on any atom is -0.373 e. The van der Waals surface area contributed by atoms with Crippen molar-refractivity contribution < 1.29 is 36.3 Å². The number of halogens is 3. The molecule has 1 unspecified atom stereocenters. The Morgan fingerprint density at radius 2 is 1.87 bits per heavy atom. The van der Waals surface area contributed by atoms with Crippen LogP contribution in [-0.4, -0.2) is 48.5 Å². The molecule has 0 aromatic heterocycles. The monoisotopic (exact) mass is 352 g/mol. The van der Waals surface area contributed by atoms with Crippen molar-refractivity contribution in [1.29, 1.82) is 0 Å². The summed E-state index contributed by atoms with van der Waals surface area (Å²) in [6.07, 6.45) is -5.20. The van der Waals surface area contributed by atoms with Gasteiger partial charge in [0.25, 0.3) is 21.8 Å². The highest BCUT2D eigenvalue weighted by Gasteiger charge is 2.55. The van der Waals surface area contributed by atoms with Gasteiger partial charge in [-0.25, -0.2) is 12.7 Å². The average molecular weight is 352 g/mol. The molecule has 1 aromatic carbocycles. The van der Waals surface area contributed by atoms with Gasteiger partial charge in [0.15, 0.2) is 0 Å². The van der Waals surface area contributed by atoms with Crippen LogP contribution in [0.3, 0.4) is 0 Å². The van der Waals surface area contributed by atoms with E-state index in [1.807, 2.05) is 0 Å². The third-order valence-corrected chi connectivity index (χ3v) is 5.19. The van der Waals surface area contributed by atoms with E-state index in [2.05, 4.69) is 0 Å². The van der Waals surface area contributed by atoms with Gasteiger partial charge in [-0.15, -0.1) is 0 Å². The Hall–Kier alpha value is -2.14. The molecule has 11 heteroatoms. The van der Waals surface area contributed by atoms with Crippen molar-refractivity contribution in [2.24, 2.45) is 0 Å². The molecule has 1 aromatic rings. The normalized spacial score (nSPS) is 19.2. The van der Waals surface area contributed by atoms with E-state index in [0.29, 0.717) is 4.31 Å². The second kappa shape index (κ2) is 4.93. The van der Waals surface area contributed by atoms with Crippen molar-refractivity contribution in [3.8, 4) is 0 Å². The molecule has 0 spiro atoms. The van der Waals surface area contributed by atoms with Gasteiger partial charge in [-0.1, -0.05) is 0 Å². The van der Waals surface area contributed by atoms with E-state index >= 15 is 0 Å². The molecule has 1 aliphatic heterocycles. The van der Waals surface area contributed by atoms with Crippen LogP contribution in [0.4, 0.5) is 18.9 Å². The summed E-state index contributed by atoms with van der Waals surface area (Å²) in [6.45, 7) is 0.277. The largest absolute Gasteiger partial charge is 0.426 e.